The first-order valence-corrected chi connectivity index (χ1v) is 5.27. The summed E-state index contributed by atoms with van der Waals surface area (Å²) in [5.74, 6) is -1.38. The van der Waals surface area contributed by atoms with E-state index in [0.717, 1.165) is 12.1 Å². The summed E-state index contributed by atoms with van der Waals surface area (Å²) in [5, 5.41) is 0. The van der Waals surface area contributed by atoms with Crippen molar-refractivity contribution >= 4 is 11.6 Å². The highest BCUT2D eigenvalue weighted by Crippen LogP contribution is 2.33. The Kier molecular flexibility index (Phi) is 3.42. The van der Waals surface area contributed by atoms with Crippen LogP contribution in [0.4, 0.5) is 18.9 Å². The number of nitrogens with zero attached hydrogens (tertiary/aromatic N) is 1. The Hall–Kier alpha value is -1.76. The van der Waals surface area contributed by atoms with Gasteiger partial charge in [-0.2, -0.15) is 8.78 Å². The summed E-state index contributed by atoms with van der Waals surface area (Å²) in [4.78, 5) is 12.8. The van der Waals surface area contributed by atoms with E-state index in [2.05, 4.69) is 4.74 Å². The van der Waals surface area contributed by atoms with Crippen LogP contribution in [-0.2, 0) is 4.79 Å². The number of nitrogens with two attached hydrogens (primary N) is 1. The van der Waals surface area contributed by atoms with Gasteiger partial charge in [0.25, 0.3) is 0 Å². The first-order chi connectivity index (χ1) is 8.47. The maximum absolute atomic E-state index is 13.0. The molecule has 0 aliphatic carbocycles. The van der Waals surface area contributed by atoms with E-state index in [0.29, 0.717) is 0 Å². The summed E-state index contributed by atoms with van der Waals surface area (Å²) in [6.07, 6.45) is 0.130. The van der Waals surface area contributed by atoms with Crippen LogP contribution in [0.3, 0.4) is 0 Å². The van der Waals surface area contributed by atoms with E-state index < -0.39 is 12.4 Å². The second-order valence-corrected chi connectivity index (χ2v) is 3.96. The van der Waals surface area contributed by atoms with E-state index in [1.165, 1.54) is 11.0 Å². The smallest absolute Gasteiger partial charge is 0.387 e. The number of ether oxygens (including phenoxy) is 1. The lowest BCUT2D eigenvalue weighted by atomic mass is 10.2. The van der Waals surface area contributed by atoms with Crippen LogP contribution < -0.4 is 15.4 Å². The molecule has 1 saturated heterocycles. The van der Waals surface area contributed by atoms with Crippen molar-refractivity contribution in [3.8, 4) is 5.75 Å². The average molecular weight is 260 g/mol. The second-order valence-electron chi connectivity index (χ2n) is 3.96. The zero-order chi connectivity index (χ0) is 13.3. The van der Waals surface area contributed by atoms with Crippen LogP contribution >= 0.6 is 0 Å². The molecule has 1 unspecified atom stereocenters. The van der Waals surface area contributed by atoms with Gasteiger partial charge >= 0.3 is 6.61 Å². The molecule has 1 aromatic carbocycles. The standard InChI is InChI=1S/C11H11F3N2O2/c12-6-1-2-8(9(3-6)18-11(13)14)16-5-7(15)4-10(16)17/h1-3,7,11H,4-5,15H2. The van der Waals surface area contributed by atoms with Crippen LogP contribution in [-0.4, -0.2) is 25.1 Å². The van der Waals surface area contributed by atoms with Crippen LogP contribution in [0.1, 0.15) is 6.42 Å². The molecule has 1 aliphatic rings. The highest BCUT2D eigenvalue weighted by Gasteiger charge is 2.30. The molecule has 0 bridgehead atoms. The largest absolute Gasteiger partial charge is 0.432 e. The van der Waals surface area contributed by atoms with Crippen molar-refractivity contribution in [3.05, 3.63) is 24.0 Å². The monoisotopic (exact) mass is 260 g/mol. The number of benzene rings is 1. The van der Waals surface area contributed by atoms with Gasteiger partial charge in [0.1, 0.15) is 5.82 Å². The molecule has 1 heterocycles. The van der Waals surface area contributed by atoms with Crippen LogP contribution in [0.25, 0.3) is 0 Å². The first kappa shape index (κ1) is 12.7. The summed E-state index contributed by atoms with van der Waals surface area (Å²) < 4.78 is 41.7. The Bertz CT molecular complexity index is 468. The third-order valence-corrected chi connectivity index (χ3v) is 2.58. The van der Waals surface area contributed by atoms with Crippen LogP contribution in [0, 0.1) is 5.82 Å². The molecule has 1 amide bonds. The minimum Gasteiger partial charge on any atom is -0.432 e. The van der Waals surface area contributed by atoms with E-state index in [-0.39, 0.29) is 36.4 Å². The van der Waals surface area contributed by atoms with Crippen molar-refractivity contribution in [1.29, 1.82) is 0 Å². The number of amides is 1. The molecule has 0 saturated carbocycles. The highest BCUT2D eigenvalue weighted by molar-refractivity contribution is 5.97. The summed E-state index contributed by atoms with van der Waals surface area (Å²) in [5.41, 5.74) is 5.71. The number of halogens is 3. The molecular formula is C11H11F3N2O2. The molecule has 2 rings (SSSR count). The molecule has 1 aliphatic heterocycles. The zero-order valence-corrected chi connectivity index (χ0v) is 9.28. The lowest BCUT2D eigenvalue weighted by molar-refractivity contribution is -0.117. The van der Waals surface area contributed by atoms with Crippen molar-refractivity contribution in [2.75, 3.05) is 11.4 Å². The number of anilines is 1. The normalized spacial score (nSPS) is 19.7. The van der Waals surface area contributed by atoms with Gasteiger partial charge in [-0.25, -0.2) is 4.39 Å². The third kappa shape index (κ3) is 2.56. The molecule has 2 N–H and O–H groups in total. The third-order valence-electron chi connectivity index (χ3n) is 2.58. The summed E-state index contributed by atoms with van der Waals surface area (Å²) in [7, 11) is 0. The number of hydrogen-bond acceptors (Lipinski definition) is 3. The molecule has 0 spiro atoms. The van der Waals surface area contributed by atoms with Gasteiger partial charge in [0.2, 0.25) is 5.91 Å². The van der Waals surface area contributed by atoms with Gasteiger partial charge < -0.3 is 15.4 Å². The van der Waals surface area contributed by atoms with Crippen LogP contribution in [0.2, 0.25) is 0 Å². The fourth-order valence-corrected chi connectivity index (χ4v) is 1.87. The van der Waals surface area contributed by atoms with Crippen molar-refractivity contribution in [2.24, 2.45) is 5.73 Å². The molecule has 98 valence electrons. The van der Waals surface area contributed by atoms with E-state index >= 15 is 0 Å². The lowest BCUT2D eigenvalue weighted by Gasteiger charge is -2.19. The van der Waals surface area contributed by atoms with E-state index in [1.54, 1.807) is 0 Å². The molecule has 1 fully saturated rings. The van der Waals surface area contributed by atoms with Gasteiger partial charge in [0.15, 0.2) is 5.75 Å². The minimum absolute atomic E-state index is 0.106. The Morgan fingerprint density at radius 1 is 1.44 bits per heavy atom. The first-order valence-electron chi connectivity index (χ1n) is 5.27. The van der Waals surface area contributed by atoms with Gasteiger partial charge in [-0.05, 0) is 12.1 Å². The number of carbonyl (C=O) groups is 1. The average Bonchev–Trinajstić information content (AvgIpc) is 2.57. The van der Waals surface area contributed by atoms with E-state index in [9.17, 15) is 18.0 Å². The summed E-state index contributed by atoms with van der Waals surface area (Å²) in [6.45, 7) is -2.89. The summed E-state index contributed by atoms with van der Waals surface area (Å²) >= 11 is 0. The van der Waals surface area contributed by atoms with Gasteiger partial charge in [0.05, 0.1) is 5.69 Å². The molecule has 4 nitrogen and oxygen atoms in total. The fourth-order valence-electron chi connectivity index (χ4n) is 1.87. The van der Waals surface area contributed by atoms with Gasteiger partial charge in [0, 0.05) is 25.1 Å². The van der Waals surface area contributed by atoms with Crippen molar-refractivity contribution < 1.29 is 22.7 Å². The van der Waals surface area contributed by atoms with E-state index in [1.807, 2.05) is 0 Å². The topological polar surface area (TPSA) is 55.6 Å². The second kappa shape index (κ2) is 4.85. The minimum atomic E-state index is -3.09. The van der Waals surface area contributed by atoms with Crippen molar-refractivity contribution in [2.45, 2.75) is 19.1 Å². The zero-order valence-electron chi connectivity index (χ0n) is 9.28. The molecular weight excluding hydrogens is 249 g/mol. The molecule has 7 heteroatoms. The van der Waals surface area contributed by atoms with Crippen molar-refractivity contribution in [1.82, 2.24) is 0 Å². The molecule has 0 aromatic heterocycles. The fraction of sp³-hybridized carbons (Fsp3) is 0.364. The predicted molar refractivity (Wildman–Crippen MR) is 58.0 cm³/mol. The molecule has 1 atom stereocenters. The maximum Gasteiger partial charge on any atom is 0.387 e. The van der Waals surface area contributed by atoms with Gasteiger partial charge in [-0.3, -0.25) is 4.79 Å². The van der Waals surface area contributed by atoms with Crippen LogP contribution in [0.15, 0.2) is 18.2 Å². The number of hydrogen-bond donors (Lipinski definition) is 1. The Balaban J connectivity index is 2.34. The molecule has 1 aromatic rings. The Labute approximate surface area is 101 Å². The quantitative estimate of drug-likeness (QED) is 0.895. The number of carbonyl (C=O) groups excluding carboxylic acids is 1. The Morgan fingerprint density at radius 3 is 2.72 bits per heavy atom. The van der Waals surface area contributed by atoms with Gasteiger partial charge in [-0.15, -0.1) is 0 Å². The molecule has 0 radical (unpaired) electrons. The predicted octanol–water partition coefficient (Wildman–Crippen LogP) is 1.49. The van der Waals surface area contributed by atoms with E-state index in [4.69, 9.17) is 5.73 Å². The number of rotatable bonds is 3. The summed E-state index contributed by atoms with van der Waals surface area (Å²) in [6, 6.07) is 2.76. The maximum atomic E-state index is 13.0. The van der Waals surface area contributed by atoms with Crippen LogP contribution in [0.5, 0.6) is 5.75 Å². The van der Waals surface area contributed by atoms with Crippen molar-refractivity contribution in [3.63, 3.8) is 0 Å². The SMILES string of the molecule is NC1CC(=O)N(c2ccc(F)cc2OC(F)F)C1. The number of alkyl halides is 2. The highest BCUT2D eigenvalue weighted by atomic mass is 19.3. The lowest BCUT2D eigenvalue weighted by Crippen LogP contribution is -2.28. The van der Waals surface area contributed by atoms with Gasteiger partial charge in [-0.1, -0.05) is 0 Å². The molecule has 18 heavy (non-hydrogen) atoms. The Morgan fingerprint density at radius 2 is 2.17 bits per heavy atom.